The van der Waals surface area contributed by atoms with Crippen molar-refractivity contribution in [3.8, 4) is 5.75 Å². The molecule has 1 atom stereocenters. The minimum absolute atomic E-state index is 0.101. The number of halogens is 1. The average molecular weight is 428 g/mol. The Labute approximate surface area is 183 Å². The maximum atomic E-state index is 13.1. The topological polar surface area (TPSA) is 61.9 Å². The van der Waals surface area contributed by atoms with Crippen molar-refractivity contribution in [2.75, 3.05) is 45.7 Å². The van der Waals surface area contributed by atoms with Crippen LogP contribution in [0.15, 0.2) is 48.5 Å². The van der Waals surface area contributed by atoms with E-state index in [1.54, 1.807) is 4.90 Å². The maximum Gasteiger partial charge on any atom is 0.253 e. The minimum Gasteiger partial charge on any atom is -0.494 e. The molecule has 0 radical (unpaired) electrons. The first-order valence-electron chi connectivity index (χ1n) is 10.7. The van der Waals surface area contributed by atoms with E-state index in [2.05, 4.69) is 10.2 Å². The zero-order valence-electron chi connectivity index (χ0n) is 18.1. The normalized spacial score (nSPS) is 16.3. The summed E-state index contributed by atoms with van der Waals surface area (Å²) in [6.07, 6.45) is 2.43. The van der Waals surface area contributed by atoms with E-state index < -0.39 is 0 Å². The summed E-state index contributed by atoms with van der Waals surface area (Å²) in [5, 5.41) is 2.94. The Morgan fingerprint density at radius 3 is 2.52 bits per heavy atom. The van der Waals surface area contributed by atoms with Crippen molar-refractivity contribution in [2.45, 2.75) is 19.3 Å². The first-order chi connectivity index (χ1) is 14.9. The predicted octanol–water partition coefficient (Wildman–Crippen LogP) is 3.65. The lowest BCUT2D eigenvalue weighted by molar-refractivity contribution is -0.121. The number of carbonyl (C=O) groups is 2. The van der Waals surface area contributed by atoms with Gasteiger partial charge in [0.15, 0.2) is 0 Å². The molecule has 1 unspecified atom stereocenters. The lowest BCUT2D eigenvalue weighted by Crippen LogP contribution is -2.43. The van der Waals surface area contributed by atoms with Crippen LogP contribution in [0.2, 0.25) is 0 Å². The molecule has 1 aliphatic rings. The van der Waals surface area contributed by atoms with E-state index in [1.165, 1.54) is 24.3 Å². The molecule has 1 aliphatic heterocycles. The second-order valence-corrected chi connectivity index (χ2v) is 8.12. The molecule has 7 heteroatoms. The molecular formula is C24H30FN3O3. The van der Waals surface area contributed by atoms with E-state index in [4.69, 9.17) is 4.74 Å². The van der Waals surface area contributed by atoms with E-state index in [1.807, 2.05) is 38.4 Å². The van der Waals surface area contributed by atoms with Gasteiger partial charge in [0, 0.05) is 30.9 Å². The van der Waals surface area contributed by atoms with Gasteiger partial charge in [0.1, 0.15) is 11.6 Å². The van der Waals surface area contributed by atoms with Gasteiger partial charge < -0.3 is 19.9 Å². The fourth-order valence-electron chi connectivity index (χ4n) is 3.60. The number of hydrogen-bond acceptors (Lipinski definition) is 4. The monoisotopic (exact) mass is 427 g/mol. The van der Waals surface area contributed by atoms with Gasteiger partial charge in [-0.2, -0.15) is 0 Å². The van der Waals surface area contributed by atoms with Crippen molar-refractivity contribution in [3.05, 3.63) is 59.9 Å². The van der Waals surface area contributed by atoms with E-state index in [0.29, 0.717) is 30.9 Å². The van der Waals surface area contributed by atoms with E-state index in [-0.39, 0.29) is 23.5 Å². The number of amides is 2. The zero-order valence-corrected chi connectivity index (χ0v) is 18.1. The third kappa shape index (κ3) is 6.79. The summed E-state index contributed by atoms with van der Waals surface area (Å²) >= 11 is 0. The molecule has 0 spiro atoms. The highest BCUT2D eigenvalue weighted by molar-refractivity contribution is 5.96. The van der Waals surface area contributed by atoms with Crippen LogP contribution in [0, 0.1) is 11.7 Å². The molecule has 1 saturated heterocycles. The lowest BCUT2D eigenvalue weighted by atomic mass is 9.96. The minimum atomic E-state index is -0.377. The highest BCUT2D eigenvalue weighted by Crippen LogP contribution is 2.22. The van der Waals surface area contributed by atoms with Gasteiger partial charge in [0.25, 0.3) is 5.91 Å². The number of piperidine rings is 1. The molecule has 0 saturated carbocycles. The summed E-state index contributed by atoms with van der Waals surface area (Å²) in [5.41, 5.74) is 1.14. The van der Waals surface area contributed by atoms with Gasteiger partial charge in [0.2, 0.25) is 5.91 Å². The SMILES string of the molecule is CN(C)CCCOc1ccc(NC(=O)C2CCCN(C(=O)c3ccc(F)cc3)C2)cc1. The summed E-state index contributed by atoms with van der Waals surface area (Å²) in [7, 11) is 4.06. The first-order valence-corrected chi connectivity index (χ1v) is 10.7. The van der Waals surface area contributed by atoms with Crippen LogP contribution in [0.3, 0.4) is 0 Å². The molecule has 0 aliphatic carbocycles. The van der Waals surface area contributed by atoms with Crippen LogP contribution in [0.1, 0.15) is 29.6 Å². The Hall–Kier alpha value is -2.93. The Morgan fingerprint density at radius 1 is 1.13 bits per heavy atom. The Balaban J connectivity index is 1.50. The molecule has 0 bridgehead atoms. The van der Waals surface area contributed by atoms with Crippen LogP contribution in [0.5, 0.6) is 5.75 Å². The molecule has 0 aromatic heterocycles. The van der Waals surface area contributed by atoms with Crippen LogP contribution in [-0.4, -0.2) is 62.0 Å². The lowest BCUT2D eigenvalue weighted by Gasteiger charge is -2.32. The number of carbonyl (C=O) groups excluding carboxylic acids is 2. The highest BCUT2D eigenvalue weighted by Gasteiger charge is 2.29. The van der Waals surface area contributed by atoms with E-state index >= 15 is 0 Å². The molecule has 31 heavy (non-hydrogen) atoms. The fourth-order valence-corrected chi connectivity index (χ4v) is 3.60. The summed E-state index contributed by atoms with van der Waals surface area (Å²) in [6, 6.07) is 12.8. The zero-order chi connectivity index (χ0) is 22.2. The maximum absolute atomic E-state index is 13.1. The van der Waals surface area contributed by atoms with Gasteiger partial charge in [-0.1, -0.05) is 0 Å². The highest BCUT2D eigenvalue weighted by atomic mass is 19.1. The number of nitrogens with one attached hydrogen (secondary N) is 1. The van der Waals surface area contributed by atoms with Crippen molar-refractivity contribution in [2.24, 2.45) is 5.92 Å². The number of anilines is 1. The second kappa shape index (κ2) is 10.9. The number of likely N-dealkylation sites (tertiary alicyclic amines) is 1. The Bertz CT molecular complexity index is 869. The number of hydrogen-bond donors (Lipinski definition) is 1. The van der Waals surface area contributed by atoms with Crippen LogP contribution >= 0.6 is 0 Å². The third-order valence-corrected chi connectivity index (χ3v) is 5.31. The summed E-state index contributed by atoms with van der Waals surface area (Å²) in [4.78, 5) is 29.2. The fraction of sp³-hybridized carbons (Fsp3) is 0.417. The molecule has 166 valence electrons. The standard InChI is InChI=1S/C24H30FN3O3/c1-27(2)14-4-16-31-22-12-10-21(11-13-22)26-23(29)19-5-3-15-28(17-19)24(30)18-6-8-20(25)9-7-18/h6-13,19H,3-5,14-17H2,1-2H3,(H,26,29). The van der Waals surface area contributed by atoms with Gasteiger partial charge in [-0.3, -0.25) is 9.59 Å². The molecule has 2 amide bonds. The molecule has 3 rings (SSSR count). The van der Waals surface area contributed by atoms with Crippen molar-refractivity contribution < 1.29 is 18.7 Å². The van der Waals surface area contributed by atoms with E-state index in [0.717, 1.165) is 31.6 Å². The number of rotatable bonds is 8. The first kappa shape index (κ1) is 22.7. The van der Waals surface area contributed by atoms with Crippen molar-refractivity contribution in [1.29, 1.82) is 0 Å². The quantitative estimate of drug-likeness (QED) is 0.654. The van der Waals surface area contributed by atoms with Gasteiger partial charge in [-0.15, -0.1) is 0 Å². The van der Waals surface area contributed by atoms with Crippen molar-refractivity contribution in [1.82, 2.24) is 9.80 Å². The van der Waals surface area contributed by atoms with Gasteiger partial charge in [0.05, 0.1) is 12.5 Å². The van der Waals surface area contributed by atoms with Crippen molar-refractivity contribution >= 4 is 17.5 Å². The van der Waals surface area contributed by atoms with Crippen LogP contribution in [-0.2, 0) is 4.79 Å². The third-order valence-electron chi connectivity index (χ3n) is 5.31. The molecule has 1 N–H and O–H groups in total. The largest absolute Gasteiger partial charge is 0.494 e. The number of benzene rings is 2. The smallest absolute Gasteiger partial charge is 0.253 e. The van der Waals surface area contributed by atoms with Crippen molar-refractivity contribution in [3.63, 3.8) is 0 Å². The predicted molar refractivity (Wildman–Crippen MR) is 119 cm³/mol. The molecule has 2 aromatic rings. The molecule has 6 nitrogen and oxygen atoms in total. The number of ether oxygens (including phenoxy) is 1. The van der Waals surface area contributed by atoms with E-state index in [9.17, 15) is 14.0 Å². The molecule has 2 aromatic carbocycles. The summed E-state index contributed by atoms with van der Waals surface area (Å²) in [6.45, 7) is 2.56. The van der Waals surface area contributed by atoms with Crippen LogP contribution in [0.25, 0.3) is 0 Å². The molecule has 1 fully saturated rings. The average Bonchev–Trinajstić information content (AvgIpc) is 2.78. The Kier molecular flexibility index (Phi) is 8.00. The van der Waals surface area contributed by atoms with Crippen LogP contribution in [0.4, 0.5) is 10.1 Å². The summed E-state index contributed by atoms with van der Waals surface area (Å²) in [5.74, 6) is -0.160. The summed E-state index contributed by atoms with van der Waals surface area (Å²) < 4.78 is 18.8. The number of nitrogens with zero attached hydrogens (tertiary/aromatic N) is 2. The van der Waals surface area contributed by atoms with Gasteiger partial charge in [-0.25, -0.2) is 4.39 Å². The molecule has 1 heterocycles. The van der Waals surface area contributed by atoms with Gasteiger partial charge in [-0.05, 0) is 81.9 Å². The Morgan fingerprint density at radius 2 is 1.84 bits per heavy atom. The molecular weight excluding hydrogens is 397 g/mol. The second-order valence-electron chi connectivity index (χ2n) is 8.12. The van der Waals surface area contributed by atoms with Gasteiger partial charge >= 0.3 is 0 Å². The van der Waals surface area contributed by atoms with Crippen LogP contribution < -0.4 is 10.1 Å².